The maximum Gasteiger partial charge on any atom is 0.242 e. The van der Waals surface area contributed by atoms with Crippen LogP contribution in [0.4, 0.5) is 0 Å². The van der Waals surface area contributed by atoms with Gasteiger partial charge in [-0.2, -0.15) is 0 Å². The molecule has 1 aliphatic heterocycles. The van der Waals surface area contributed by atoms with Crippen molar-refractivity contribution >= 4 is 11.8 Å². The van der Waals surface area contributed by atoms with Gasteiger partial charge in [0.15, 0.2) is 0 Å². The van der Waals surface area contributed by atoms with Crippen LogP contribution in [-0.4, -0.2) is 54.3 Å². The van der Waals surface area contributed by atoms with Gasteiger partial charge in [0.2, 0.25) is 11.8 Å². The van der Waals surface area contributed by atoms with Gasteiger partial charge < -0.3 is 10.2 Å². The van der Waals surface area contributed by atoms with E-state index in [4.69, 9.17) is 0 Å². The number of amides is 2. The Morgan fingerprint density at radius 3 is 2.10 bits per heavy atom. The number of nitrogens with zero attached hydrogens (tertiary/aromatic N) is 2. The molecule has 0 spiro atoms. The number of hydrogen-bond acceptors (Lipinski definition) is 3. The van der Waals surface area contributed by atoms with Crippen LogP contribution >= 0.6 is 0 Å². The predicted molar refractivity (Wildman–Crippen MR) is 121 cm³/mol. The van der Waals surface area contributed by atoms with Crippen LogP contribution in [0, 0.1) is 30.1 Å². The van der Waals surface area contributed by atoms with Crippen LogP contribution in [-0.2, 0) is 16.1 Å². The van der Waals surface area contributed by atoms with E-state index < -0.39 is 0 Å². The highest BCUT2D eigenvalue weighted by Crippen LogP contribution is 2.61. The van der Waals surface area contributed by atoms with E-state index in [1.54, 1.807) is 0 Å². The fourth-order valence-corrected chi connectivity index (χ4v) is 7.30. The summed E-state index contributed by atoms with van der Waals surface area (Å²) in [7, 11) is 0. The lowest BCUT2D eigenvalue weighted by molar-refractivity contribution is -0.136. The number of nitrogens with one attached hydrogen (secondary N) is 1. The van der Waals surface area contributed by atoms with Gasteiger partial charge in [0.25, 0.3) is 0 Å². The molecule has 4 bridgehead atoms. The van der Waals surface area contributed by atoms with Crippen molar-refractivity contribution in [3.8, 4) is 0 Å². The van der Waals surface area contributed by atoms with Crippen LogP contribution in [0.15, 0.2) is 24.3 Å². The van der Waals surface area contributed by atoms with Crippen molar-refractivity contribution in [3.63, 3.8) is 0 Å². The molecule has 1 heterocycles. The molecule has 1 aromatic rings. The third kappa shape index (κ3) is 4.82. The van der Waals surface area contributed by atoms with Crippen LogP contribution in [0.25, 0.3) is 0 Å². The van der Waals surface area contributed by atoms with Gasteiger partial charge in [-0.15, -0.1) is 0 Å². The Labute approximate surface area is 186 Å². The highest BCUT2D eigenvalue weighted by Gasteiger charge is 2.51. The third-order valence-electron chi connectivity index (χ3n) is 8.39. The monoisotopic (exact) mass is 423 g/mol. The highest BCUT2D eigenvalue weighted by atomic mass is 16.2. The second kappa shape index (κ2) is 8.57. The molecule has 5 heteroatoms. The first-order valence-electron chi connectivity index (χ1n) is 12.3. The van der Waals surface area contributed by atoms with Crippen molar-refractivity contribution < 1.29 is 9.59 Å². The summed E-state index contributed by atoms with van der Waals surface area (Å²) in [5, 5.41) is 2.97. The molecule has 5 nitrogen and oxygen atoms in total. The zero-order chi connectivity index (χ0) is 21.4. The van der Waals surface area contributed by atoms with Gasteiger partial charge >= 0.3 is 0 Å². The Morgan fingerprint density at radius 2 is 1.52 bits per heavy atom. The van der Waals surface area contributed by atoms with E-state index >= 15 is 0 Å². The largest absolute Gasteiger partial charge is 0.347 e. The quantitative estimate of drug-likeness (QED) is 0.763. The second-order valence-corrected chi connectivity index (χ2v) is 11.0. The minimum absolute atomic E-state index is 0.0637. The number of rotatable bonds is 6. The molecular formula is C26H37N3O2. The summed E-state index contributed by atoms with van der Waals surface area (Å²) in [5.41, 5.74) is 2.84. The fraction of sp³-hybridized carbons (Fsp3) is 0.692. The molecule has 4 aliphatic carbocycles. The summed E-state index contributed by atoms with van der Waals surface area (Å²) >= 11 is 0. The molecule has 0 radical (unpaired) electrons. The molecule has 0 aromatic heterocycles. The molecule has 1 aromatic carbocycles. The number of carbonyl (C=O) groups is 2. The summed E-state index contributed by atoms with van der Waals surface area (Å²) in [6.07, 6.45) is 8.55. The van der Waals surface area contributed by atoms with Crippen LogP contribution < -0.4 is 5.32 Å². The van der Waals surface area contributed by atoms with E-state index in [9.17, 15) is 9.59 Å². The van der Waals surface area contributed by atoms with E-state index in [2.05, 4.69) is 41.4 Å². The Balaban J connectivity index is 1.04. The third-order valence-corrected chi connectivity index (χ3v) is 8.39. The van der Waals surface area contributed by atoms with E-state index in [0.29, 0.717) is 6.42 Å². The van der Waals surface area contributed by atoms with Gasteiger partial charge in [-0.3, -0.25) is 14.5 Å². The smallest absolute Gasteiger partial charge is 0.242 e. The van der Waals surface area contributed by atoms with Gasteiger partial charge in [-0.05, 0) is 74.2 Å². The Hall–Kier alpha value is -1.88. The maximum atomic E-state index is 12.7. The average Bonchev–Trinajstić information content (AvgIpc) is 2.73. The average molecular weight is 424 g/mol. The number of carbonyl (C=O) groups excluding carboxylic acids is 2. The first kappa shape index (κ1) is 21.0. The Morgan fingerprint density at radius 1 is 0.935 bits per heavy atom. The SMILES string of the molecule is Cc1ccc(CN2CCN(C(=O)CNC(=O)CC34CC5CC(CC(C5)C3)C4)CC2)cc1. The summed E-state index contributed by atoms with van der Waals surface area (Å²) in [6, 6.07) is 8.68. The topological polar surface area (TPSA) is 52.6 Å². The van der Waals surface area contributed by atoms with Crippen molar-refractivity contribution in [1.82, 2.24) is 15.1 Å². The zero-order valence-electron chi connectivity index (χ0n) is 18.9. The molecule has 2 amide bonds. The molecule has 1 saturated heterocycles. The highest BCUT2D eigenvalue weighted by molar-refractivity contribution is 5.85. The number of benzene rings is 1. The molecule has 31 heavy (non-hydrogen) atoms. The van der Waals surface area contributed by atoms with Gasteiger partial charge in [-0.1, -0.05) is 29.8 Å². The van der Waals surface area contributed by atoms with Crippen molar-refractivity contribution in [2.75, 3.05) is 32.7 Å². The van der Waals surface area contributed by atoms with Gasteiger partial charge in [0.05, 0.1) is 6.54 Å². The van der Waals surface area contributed by atoms with Crippen LogP contribution in [0.2, 0.25) is 0 Å². The molecule has 1 N–H and O–H groups in total. The van der Waals surface area contributed by atoms with Crippen molar-refractivity contribution in [2.45, 2.75) is 58.4 Å². The Bertz CT molecular complexity index is 775. The molecule has 0 atom stereocenters. The van der Waals surface area contributed by atoms with Gasteiger partial charge in [-0.25, -0.2) is 0 Å². The van der Waals surface area contributed by atoms with E-state index in [1.165, 1.54) is 49.7 Å². The lowest BCUT2D eigenvalue weighted by Crippen LogP contribution is -2.51. The normalized spacial score (nSPS) is 32.3. The fourth-order valence-electron chi connectivity index (χ4n) is 7.30. The van der Waals surface area contributed by atoms with E-state index in [1.807, 2.05) is 4.90 Å². The minimum Gasteiger partial charge on any atom is -0.347 e. The molecule has 5 fully saturated rings. The van der Waals surface area contributed by atoms with Gasteiger partial charge in [0, 0.05) is 39.1 Å². The minimum atomic E-state index is 0.0637. The van der Waals surface area contributed by atoms with E-state index in [-0.39, 0.29) is 23.8 Å². The van der Waals surface area contributed by atoms with Gasteiger partial charge in [0.1, 0.15) is 0 Å². The van der Waals surface area contributed by atoms with Crippen LogP contribution in [0.1, 0.15) is 56.1 Å². The lowest BCUT2D eigenvalue weighted by atomic mass is 9.49. The summed E-state index contributed by atoms with van der Waals surface area (Å²) in [4.78, 5) is 29.7. The zero-order valence-corrected chi connectivity index (χ0v) is 18.9. The van der Waals surface area contributed by atoms with Crippen molar-refractivity contribution in [2.24, 2.45) is 23.2 Å². The molecule has 6 rings (SSSR count). The van der Waals surface area contributed by atoms with E-state index in [0.717, 1.165) is 50.5 Å². The first-order valence-corrected chi connectivity index (χ1v) is 12.3. The first-order chi connectivity index (χ1) is 15.0. The van der Waals surface area contributed by atoms with Crippen molar-refractivity contribution in [1.29, 1.82) is 0 Å². The maximum absolute atomic E-state index is 12.7. The molecule has 0 unspecified atom stereocenters. The van der Waals surface area contributed by atoms with Crippen molar-refractivity contribution in [3.05, 3.63) is 35.4 Å². The second-order valence-electron chi connectivity index (χ2n) is 11.0. The molecule has 5 aliphatic rings. The predicted octanol–water partition coefficient (Wildman–Crippen LogP) is 3.36. The number of piperazine rings is 1. The molecule has 4 saturated carbocycles. The standard InChI is InChI=1S/C26H37N3O2/c1-19-2-4-20(5-3-19)18-28-6-8-29(9-7-28)25(31)17-27-24(30)16-26-13-21-10-22(14-26)12-23(11-21)15-26/h2-5,21-23H,6-18H2,1H3,(H,27,30). The molecular weight excluding hydrogens is 386 g/mol. The lowest BCUT2D eigenvalue weighted by Gasteiger charge is -2.56. The Kier molecular flexibility index (Phi) is 5.80. The summed E-state index contributed by atoms with van der Waals surface area (Å²) in [6.45, 7) is 6.47. The summed E-state index contributed by atoms with van der Waals surface area (Å²) < 4.78 is 0. The number of aryl methyl sites for hydroxylation is 1. The number of hydrogen-bond donors (Lipinski definition) is 1. The summed E-state index contributed by atoms with van der Waals surface area (Å²) in [5.74, 6) is 2.73. The molecule has 168 valence electrons. The van der Waals surface area contributed by atoms with Crippen LogP contribution in [0.5, 0.6) is 0 Å². The van der Waals surface area contributed by atoms with Crippen LogP contribution in [0.3, 0.4) is 0 Å².